The molecule has 1 aliphatic rings. The van der Waals surface area contributed by atoms with Crippen LogP contribution in [-0.4, -0.2) is 23.6 Å². The lowest BCUT2D eigenvalue weighted by molar-refractivity contribution is -0.130. The molecule has 1 fully saturated rings. The van der Waals surface area contributed by atoms with E-state index in [0.29, 0.717) is 13.2 Å². The van der Waals surface area contributed by atoms with E-state index in [0.717, 1.165) is 29.0 Å². The highest BCUT2D eigenvalue weighted by molar-refractivity contribution is 7.13. The van der Waals surface area contributed by atoms with E-state index in [2.05, 4.69) is 10.3 Å². The maximum atomic E-state index is 12.0. The van der Waals surface area contributed by atoms with Crippen LogP contribution < -0.4 is 5.32 Å². The summed E-state index contributed by atoms with van der Waals surface area (Å²) in [5, 5.41) is 4.97. The predicted molar refractivity (Wildman–Crippen MR) is 78.4 cm³/mol. The minimum atomic E-state index is -0.281. The molecular formula is C15H16N2O2S. The second-order valence-corrected chi connectivity index (χ2v) is 5.66. The number of aromatic nitrogens is 1. The van der Waals surface area contributed by atoms with Crippen LogP contribution in [0.5, 0.6) is 0 Å². The van der Waals surface area contributed by atoms with Gasteiger partial charge in [-0.2, -0.15) is 0 Å². The number of rotatable bonds is 4. The van der Waals surface area contributed by atoms with Crippen molar-refractivity contribution >= 4 is 17.2 Å². The summed E-state index contributed by atoms with van der Waals surface area (Å²) in [6.07, 6.45) is 3.28. The molecule has 104 valence electrons. The molecule has 4 nitrogen and oxygen atoms in total. The number of hydrogen-bond acceptors (Lipinski definition) is 4. The van der Waals surface area contributed by atoms with Crippen LogP contribution in [0.15, 0.2) is 35.8 Å². The Balaban J connectivity index is 1.70. The fourth-order valence-electron chi connectivity index (χ4n) is 2.30. The van der Waals surface area contributed by atoms with Crippen molar-refractivity contribution < 1.29 is 9.53 Å². The minimum Gasteiger partial charge on any atom is -0.368 e. The fourth-order valence-corrected chi connectivity index (χ4v) is 3.05. The molecule has 0 radical (unpaired) electrons. The molecule has 1 saturated heterocycles. The summed E-state index contributed by atoms with van der Waals surface area (Å²) >= 11 is 1.65. The summed E-state index contributed by atoms with van der Waals surface area (Å²) < 4.78 is 5.38. The number of pyridine rings is 1. The monoisotopic (exact) mass is 288 g/mol. The fraction of sp³-hybridized carbons (Fsp3) is 0.333. The highest BCUT2D eigenvalue weighted by Gasteiger charge is 2.23. The first-order valence-electron chi connectivity index (χ1n) is 6.71. The van der Waals surface area contributed by atoms with E-state index >= 15 is 0 Å². The van der Waals surface area contributed by atoms with Gasteiger partial charge in [0, 0.05) is 19.3 Å². The summed E-state index contributed by atoms with van der Waals surface area (Å²) in [5.41, 5.74) is 1.97. The second kappa shape index (κ2) is 6.15. The van der Waals surface area contributed by atoms with Crippen LogP contribution in [0.4, 0.5) is 0 Å². The van der Waals surface area contributed by atoms with E-state index in [1.54, 1.807) is 17.5 Å². The smallest absolute Gasteiger partial charge is 0.249 e. The van der Waals surface area contributed by atoms with E-state index in [1.807, 2.05) is 29.6 Å². The first-order valence-corrected chi connectivity index (χ1v) is 7.59. The van der Waals surface area contributed by atoms with Crippen molar-refractivity contribution in [3.63, 3.8) is 0 Å². The number of hydrogen-bond donors (Lipinski definition) is 1. The van der Waals surface area contributed by atoms with Gasteiger partial charge in [-0.15, -0.1) is 11.3 Å². The van der Waals surface area contributed by atoms with Crippen LogP contribution in [0.1, 0.15) is 18.4 Å². The Morgan fingerprint density at radius 1 is 1.45 bits per heavy atom. The summed E-state index contributed by atoms with van der Waals surface area (Å²) in [4.78, 5) is 17.5. The zero-order valence-corrected chi connectivity index (χ0v) is 11.9. The highest BCUT2D eigenvalue weighted by atomic mass is 32.1. The van der Waals surface area contributed by atoms with Crippen molar-refractivity contribution in [2.75, 3.05) is 6.61 Å². The van der Waals surface area contributed by atoms with Gasteiger partial charge in [-0.05, 0) is 35.9 Å². The average molecular weight is 288 g/mol. The first kappa shape index (κ1) is 13.3. The Bertz CT molecular complexity index is 577. The number of nitrogens with zero attached hydrogens (tertiary/aromatic N) is 1. The molecule has 3 rings (SSSR count). The largest absolute Gasteiger partial charge is 0.368 e. The third-order valence-corrected chi connectivity index (χ3v) is 4.20. The van der Waals surface area contributed by atoms with Crippen molar-refractivity contribution in [2.45, 2.75) is 25.5 Å². The normalized spacial score (nSPS) is 18.1. The third-order valence-electron chi connectivity index (χ3n) is 3.32. The SMILES string of the molecule is O=C(NCc1cccnc1-c1cccs1)[C@H]1CCCO1. The Hall–Kier alpha value is -1.72. The molecule has 1 aliphatic heterocycles. The lowest BCUT2D eigenvalue weighted by Gasteiger charge is -2.12. The van der Waals surface area contributed by atoms with E-state index < -0.39 is 0 Å². The van der Waals surface area contributed by atoms with Gasteiger partial charge in [0.15, 0.2) is 0 Å². The minimum absolute atomic E-state index is 0.0246. The van der Waals surface area contributed by atoms with E-state index in [9.17, 15) is 4.79 Å². The van der Waals surface area contributed by atoms with Crippen molar-refractivity contribution in [3.8, 4) is 10.6 Å². The number of carbonyl (C=O) groups excluding carboxylic acids is 1. The van der Waals surface area contributed by atoms with Crippen LogP contribution in [0, 0.1) is 0 Å². The van der Waals surface area contributed by atoms with Gasteiger partial charge >= 0.3 is 0 Å². The highest BCUT2D eigenvalue weighted by Crippen LogP contribution is 2.25. The van der Waals surface area contributed by atoms with E-state index in [-0.39, 0.29) is 12.0 Å². The number of nitrogens with one attached hydrogen (secondary N) is 1. The van der Waals surface area contributed by atoms with Gasteiger partial charge in [0.25, 0.3) is 0 Å². The Kier molecular flexibility index (Phi) is 4.08. The van der Waals surface area contributed by atoms with Crippen LogP contribution in [0.3, 0.4) is 0 Å². The maximum Gasteiger partial charge on any atom is 0.249 e. The molecule has 1 N–H and O–H groups in total. The molecule has 5 heteroatoms. The van der Waals surface area contributed by atoms with Crippen LogP contribution in [0.2, 0.25) is 0 Å². The summed E-state index contributed by atoms with van der Waals surface area (Å²) in [6, 6.07) is 7.93. The van der Waals surface area contributed by atoms with Gasteiger partial charge in [0.1, 0.15) is 6.10 Å². The Morgan fingerprint density at radius 2 is 2.40 bits per heavy atom. The topological polar surface area (TPSA) is 51.2 Å². The molecule has 1 atom stereocenters. The summed E-state index contributed by atoms with van der Waals surface area (Å²) in [7, 11) is 0. The molecule has 0 aromatic carbocycles. The summed E-state index contributed by atoms with van der Waals surface area (Å²) in [6.45, 7) is 1.17. The molecule has 3 heterocycles. The number of amides is 1. The van der Waals surface area contributed by atoms with Crippen LogP contribution >= 0.6 is 11.3 Å². The van der Waals surface area contributed by atoms with Gasteiger partial charge in [-0.25, -0.2) is 0 Å². The van der Waals surface area contributed by atoms with Crippen molar-refractivity contribution in [1.82, 2.24) is 10.3 Å². The lowest BCUT2D eigenvalue weighted by atomic mass is 10.1. The molecular weight excluding hydrogens is 272 g/mol. The van der Waals surface area contributed by atoms with Crippen LogP contribution in [-0.2, 0) is 16.1 Å². The number of thiophene rings is 1. The van der Waals surface area contributed by atoms with Gasteiger partial charge in [-0.1, -0.05) is 12.1 Å². The molecule has 0 saturated carbocycles. The zero-order chi connectivity index (χ0) is 13.8. The molecule has 0 bridgehead atoms. The van der Waals surface area contributed by atoms with Crippen LogP contribution in [0.25, 0.3) is 10.6 Å². The standard InChI is InChI=1S/C15H16N2O2S/c18-15(12-5-2-8-19-12)17-10-11-4-1-7-16-14(11)13-6-3-9-20-13/h1,3-4,6-7,9,12H,2,5,8,10H2,(H,17,18)/t12-/m1/s1. The van der Waals surface area contributed by atoms with Crippen molar-refractivity contribution in [3.05, 3.63) is 41.4 Å². The molecule has 0 aliphatic carbocycles. The first-order chi connectivity index (χ1) is 9.84. The number of ether oxygens (including phenoxy) is 1. The third kappa shape index (κ3) is 2.89. The zero-order valence-electron chi connectivity index (χ0n) is 11.0. The predicted octanol–water partition coefficient (Wildman–Crippen LogP) is 2.61. The Labute approximate surface area is 121 Å². The second-order valence-electron chi connectivity index (χ2n) is 4.71. The van der Waals surface area contributed by atoms with Gasteiger partial charge in [-0.3, -0.25) is 9.78 Å². The van der Waals surface area contributed by atoms with Crippen molar-refractivity contribution in [1.29, 1.82) is 0 Å². The van der Waals surface area contributed by atoms with Gasteiger partial charge in [0.05, 0.1) is 10.6 Å². The van der Waals surface area contributed by atoms with Crippen molar-refractivity contribution in [2.24, 2.45) is 0 Å². The quantitative estimate of drug-likeness (QED) is 0.941. The van der Waals surface area contributed by atoms with Gasteiger partial charge in [0.2, 0.25) is 5.91 Å². The molecule has 0 spiro atoms. The molecule has 1 amide bonds. The average Bonchev–Trinajstić information content (AvgIpc) is 3.17. The molecule has 0 unspecified atom stereocenters. The van der Waals surface area contributed by atoms with E-state index in [1.165, 1.54) is 0 Å². The molecule has 20 heavy (non-hydrogen) atoms. The molecule has 2 aromatic rings. The number of carbonyl (C=O) groups is 1. The lowest BCUT2D eigenvalue weighted by Crippen LogP contribution is -2.33. The maximum absolute atomic E-state index is 12.0. The molecule has 2 aromatic heterocycles. The van der Waals surface area contributed by atoms with E-state index in [4.69, 9.17) is 4.74 Å². The summed E-state index contributed by atoms with van der Waals surface area (Å²) in [5.74, 6) is -0.0246. The Morgan fingerprint density at radius 3 is 3.15 bits per heavy atom. The van der Waals surface area contributed by atoms with Gasteiger partial charge < -0.3 is 10.1 Å².